The molecular weight excluding hydrogens is 186 g/mol. The summed E-state index contributed by atoms with van der Waals surface area (Å²) >= 11 is 0. The van der Waals surface area contributed by atoms with Crippen LogP contribution >= 0.6 is 0 Å². The van der Waals surface area contributed by atoms with E-state index in [0.29, 0.717) is 0 Å². The van der Waals surface area contributed by atoms with Crippen LogP contribution in [0.3, 0.4) is 0 Å². The predicted molar refractivity (Wildman–Crippen MR) is 61.6 cm³/mol. The number of nitrogens with one attached hydrogen (secondary N) is 1. The minimum Gasteiger partial charge on any atom is -0.399 e. The Hall–Kier alpha value is -1.77. The van der Waals surface area contributed by atoms with Crippen LogP contribution in [0.15, 0.2) is 30.3 Å². The van der Waals surface area contributed by atoms with Crippen molar-refractivity contribution in [2.24, 2.45) is 0 Å². The maximum Gasteiger partial charge on any atom is 0.0628 e. The second-order valence-corrected chi connectivity index (χ2v) is 3.74. The fraction of sp³-hybridized carbons (Fsp3) is 0.250. The second-order valence-electron chi connectivity index (χ2n) is 3.74. The molecule has 3 heteroatoms. The van der Waals surface area contributed by atoms with Gasteiger partial charge in [0.15, 0.2) is 0 Å². The third kappa shape index (κ3) is 2.37. The summed E-state index contributed by atoms with van der Waals surface area (Å²) in [5.74, 6) is 0. The summed E-state index contributed by atoms with van der Waals surface area (Å²) in [6.07, 6.45) is 1.87. The summed E-state index contributed by atoms with van der Waals surface area (Å²) in [5.41, 5.74) is 10.1. The molecule has 0 aliphatic carbocycles. The van der Waals surface area contributed by atoms with Crippen molar-refractivity contribution in [1.29, 1.82) is 0 Å². The molecule has 3 N–H and O–H groups in total. The molecule has 0 amide bonds. The molecule has 0 saturated carbocycles. The topological polar surface area (TPSA) is 54.7 Å². The van der Waals surface area contributed by atoms with Gasteiger partial charge in [-0.05, 0) is 37.5 Å². The summed E-state index contributed by atoms with van der Waals surface area (Å²) in [6.45, 7) is 2.01. The number of rotatable bonds is 3. The number of hydrogen-bond acceptors (Lipinski definition) is 2. The summed E-state index contributed by atoms with van der Waals surface area (Å²) in [5, 5.41) is 7.13. The van der Waals surface area contributed by atoms with Crippen molar-refractivity contribution in [3.8, 4) is 0 Å². The van der Waals surface area contributed by atoms with E-state index < -0.39 is 0 Å². The molecule has 0 bridgehead atoms. The average molecular weight is 201 g/mol. The molecule has 2 rings (SSSR count). The first-order valence-corrected chi connectivity index (χ1v) is 5.10. The molecule has 15 heavy (non-hydrogen) atoms. The highest BCUT2D eigenvalue weighted by Gasteiger charge is 2.01. The Bertz CT molecular complexity index is 446. The quantitative estimate of drug-likeness (QED) is 0.747. The van der Waals surface area contributed by atoms with Crippen molar-refractivity contribution in [2.75, 3.05) is 5.73 Å². The lowest BCUT2D eigenvalue weighted by Crippen LogP contribution is -1.96. The second kappa shape index (κ2) is 4.17. The highest BCUT2D eigenvalue weighted by Crippen LogP contribution is 2.13. The lowest BCUT2D eigenvalue weighted by molar-refractivity contribution is 0.891. The summed E-state index contributed by atoms with van der Waals surface area (Å²) in [4.78, 5) is 0. The van der Waals surface area contributed by atoms with Gasteiger partial charge in [0, 0.05) is 11.4 Å². The van der Waals surface area contributed by atoms with E-state index in [0.717, 1.165) is 29.9 Å². The SMILES string of the molecule is Cc1cc(CCc2ccccc2N)n[nH]1. The Labute approximate surface area is 89.3 Å². The summed E-state index contributed by atoms with van der Waals surface area (Å²) < 4.78 is 0. The zero-order valence-corrected chi connectivity index (χ0v) is 8.83. The molecule has 0 fully saturated rings. The van der Waals surface area contributed by atoms with E-state index in [1.54, 1.807) is 0 Å². The van der Waals surface area contributed by atoms with E-state index in [9.17, 15) is 0 Å². The lowest BCUT2D eigenvalue weighted by Gasteiger charge is -2.02. The molecular formula is C12H15N3. The zero-order valence-electron chi connectivity index (χ0n) is 8.83. The first kappa shape index (κ1) is 9.77. The Morgan fingerprint density at radius 2 is 2.07 bits per heavy atom. The molecule has 0 saturated heterocycles. The molecule has 78 valence electrons. The van der Waals surface area contributed by atoms with E-state index in [4.69, 9.17) is 5.73 Å². The minimum absolute atomic E-state index is 0.866. The van der Waals surface area contributed by atoms with Gasteiger partial charge in [-0.2, -0.15) is 5.10 Å². The van der Waals surface area contributed by atoms with Gasteiger partial charge < -0.3 is 5.73 Å². The Morgan fingerprint density at radius 1 is 1.27 bits per heavy atom. The smallest absolute Gasteiger partial charge is 0.0628 e. The molecule has 0 atom stereocenters. The van der Waals surface area contributed by atoms with Gasteiger partial charge >= 0.3 is 0 Å². The number of nitrogen functional groups attached to an aromatic ring is 1. The monoisotopic (exact) mass is 201 g/mol. The molecule has 1 aromatic heterocycles. The van der Waals surface area contributed by atoms with Crippen LogP contribution in [0.5, 0.6) is 0 Å². The molecule has 2 aromatic rings. The molecule has 1 aromatic carbocycles. The maximum absolute atomic E-state index is 5.86. The number of aromatic nitrogens is 2. The Balaban J connectivity index is 2.02. The highest BCUT2D eigenvalue weighted by molar-refractivity contribution is 5.46. The van der Waals surface area contributed by atoms with Crippen LogP contribution in [0.2, 0.25) is 0 Å². The number of H-pyrrole nitrogens is 1. The fourth-order valence-corrected chi connectivity index (χ4v) is 1.63. The third-order valence-electron chi connectivity index (χ3n) is 2.46. The average Bonchev–Trinajstić information content (AvgIpc) is 2.63. The van der Waals surface area contributed by atoms with Crippen LogP contribution in [0.4, 0.5) is 5.69 Å². The lowest BCUT2D eigenvalue weighted by atomic mass is 10.1. The van der Waals surface area contributed by atoms with Gasteiger partial charge in [0.2, 0.25) is 0 Å². The summed E-state index contributed by atoms with van der Waals surface area (Å²) in [7, 11) is 0. The highest BCUT2D eigenvalue weighted by atomic mass is 15.1. The van der Waals surface area contributed by atoms with Crippen molar-refractivity contribution in [3.05, 3.63) is 47.3 Å². The van der Waals surface area contributed by atoms with Crippen LogP contribution in [0.25, 0.3) is 0 Å². The van der Waals surface area contributed by atoms with Gasteiger partial charge in [0.25, 0.3) is 0 Å². The first-order chi connectivity index (χ1) is 7.25. The predicted octanol–water partition coefficient (Wildman–Crippen LogP) is 2.09. The first-order valence-electron chi connectivity index (χ1n) is 5.10. The van der Waals surface area contributed by atoms with E-state index in [-0.39, 0.29) is 0 Å². The van der Waals surface area contributed by atoms with Gasteiger partial charge in [0.1, 0.15) is 0 Å². The standard InChI is InChI=1S/C12H15N3/c1-9-8-11(15-14-9)7-6-10-4-2-3-5-12(10)13/h2-5,8H,6-7,13H2,1H3,(H,14,15). The van der Waals surface area contributed by atoms with E-state index in [1.165, 1.54) is 5.56 Å². The number of benzene rings is 1. The molecule has 0 aliphatic heterocycles. The number of para-hydroxylation sites is 1. The Kier molecular flexibility index (Phi) is 2.72. The van der Waals surface area contributed by atoms with Crippen LogP contribution in [-0.4, -0.2) is 10.2 Å². The number of anilines is 1. The van der Waals surface area contributed by atoms with Crippen molar-refractivity contribution >= 4 is 5.69 Å². The number of hydrogen-bond donors (Lipinski definition) is 2. The van der Waals surface area contributed by atoms with Crippen molar-refractivity contribution < 1.29 is 0 Å². The van der Waals surface area contributed by atoms with E-state index in [2.05, 4.69) is 22.3 Å². The van der Waals surface area contributed by atoms with Gasteiger partial charge in [-0.1, -0.05) is 18.2 Å². The Morgan fingerprint density at radius 3 is 2.73 bits per heavy atom. The molecule has 0 unspecified atom stereocenters. The molecule has 1 heterocycles. The van der Waals surface area contributed by atoms with Crippen molar-refractivity contribution in [2.45, 2.75) is 19.8 Å². The van der Waals surface area contributed by atoms with E-state index >= 15 is 0 Å². The largest absolute Gasteiger partial charge is 0.399 e. The summed E-state index contributed by atoms with van der Waals surface area (Å²) in [6, 6.07) is 10.0. The number of nitrogens with two attached hydrogens (primary N) is 1. The van der Waals surface area contributed by atoms with E-state index in [1.807, 2.05) is 25.1 Å². The van der Waals surface area contributed by atoms with Crippen LogP contribution in [0, 0.1) is 6.92 Å². The third-order valence-corrected chi connectivity index (χ3v) is 2.46. The number of aryl methyl sites for hydroxylation is 3. The number of nitrogens with zero attached hydrogens (tertiary/aromatic N) is 1. The van der Waals surface area contributed by atoms with Gasteiger partial charge in [-0.15, -0.1) is 0 Å². The van der Waals surface area contributed by atoms with Crippen LogP contribution in [0.1, 0.15) is 17.0 Å². The molecule has 0 aliphatic rings. The zero-order chi connectivity index (χ0) is 10.7. The maximum atomic E-state index is 5.86. The number of aromatic amines is 1. The van der Waals surface area contributed by atoms with Crippen molar-refractivity contribution in [1.82, 2.24) is 10.2 Å². The van der Waals surface area contributed by atoms with Gasteiger partial charge in [0.05, 0.1) is 5.69 Å². The van der Waals surface area contributed by atoms with Crippen LogP contribution in [-0.2, 0) is 12.8 Å². The van der Waals surface area contributed by atoms with Gasteiger partial charge in [-0.25, -0.2) is 0 Å². The van der Waals surface area contributed by atoms with Gasteiger partial charge in [-0.3, -0.25) is 5.10 Å². The molecule has 0 radical (unpaired) electrons. The molecule has 3 nitrogen and oxygen atoms in total. The molecule has 0 spiro atoms. The minimum atomic E-state index is 0.866. The fourth-order valence-electron chi connectivity index (χ4n) is 1.63. The normalized spacial score (nSPS) is 10.5. The van der Waals surface area contributed by atoms with Crippen molar-refractivity contribution in [3.63, 3.8) is 0 Å². The van der Waals surface area contributed by atoms with Crippen LogP contribution < -0.4 is 5.73 Å².